The van der Waals surface area contributed by atoms with Crippen LogP contribution >= 0.6 is 39.0 Å². The lowest BCUT2D eigenvalue weighted by molar-refractivity contribution is -0.139. The molecule has 37 heavy (non-hydrogen) atoms. The van der Waals surface area contributed by atoms with Crippen LogP contribution in [0.1, 0.15) is 50.5 Å². The van der Waals surface area contributed by atoms with Gasteiger partial charge in [0.1, 0.15) is 5.76 Å². The van der Waals surface area contributed by atoms with Crippen LogP contribution in [0.2, 0.25) is 0 Å². The van der Waals surface area contributed by atoms with E-state index in [0.29, 0.717) is 26.4 Å². The first-order chi connectivity index (χ1) is 17.9. The van der Waals surface area contributed by atoms with E-state index in [2.05, 4.69) is 25.8 Å². The molecule has 0 bridgehead atoms. The highest BCUT2D eigenvalue weighted by Crippen LogP contribution is 2.33. The van der Waals surface area contributed by atoms with Gasteiger partial charge in [0.05, 0.1) is 32.9 Å². The van der Waals surface area contributed by atoms with Crippen molar-refractivity contribution in [2.24, 2.45) is 4.99 Å². The molecule has 2 aliphatic rings. The van der Waals surface area contributed by atoms with E-state index in [4.69, 9.17) is 9.15 Å². The monoisotopic (exact) mass is 601 g/mol. The average molecular weight is 603 g/mol. The van der Waals surface area contributed by atoms with Crippen molar-refractivity contribution in [1.29, 1.82) is 0 Å². The second kappa shape index (κ2) is 11.0. The van der Waals surface area contributed by atoms with Gasteiger partial charge in [-0.15, -0.1) is 11.8 Å². The number of rotatable bonds is 6. The minimum absolute atomic E-state index is 0.218. The topological polar surface area (TPSA) is 77.0 Å². The van der Waals surface area contributed by atoms with Crippen molar-refractivity contribution < 1.29 is 13.9 Å². The maximum atomic E-state index is 13.8. The minimum atomic E-state index is -0.624. The predicted octanol–water partition coefficient (Wildman–Crippen LogP) is 4.87. The van der Waals surface area contributed by atoms with Gasteiger partial charge in [-0.25, -0.2) is 9.79 Å². The fraction of sp³-hybridized carbons (Fsp3) is 0.370. The Labute approximate surface area is 231 Å². The van der Waals surface area contributed by atoms with Crippen molar-refractivity contribution in [3.05, 3.63) is 77.1 Å². The Morgan fingerprint density at radius 2 is 2.00 bits per heavy atom. The van der Waals surface area contributed by atoms with E-state index in [1.54, 1.807) is 36.3 Å². The molecule has 0 unspecified atom stereocenters. The van der Waals surface area contributed by atoms with E-state index in [0.717, 1.165) is 46.7 Å². The lowest BCUT2D eigenvalue weighted by Gasteiger charge is -2.26. The smallest absolute Gasteiger partial charge is 0.338 e. The Balaban J connectivity index is 1.62. The highest BCUT2D eigenvalue weighted by Gasteiger charge is 2.33. The zero-order valence-corrected chi connectivity index (χ0v) is 24.2. The molecule has 7 nitrogen and oxygen atoms in total. The molecular formula is C27H28BrN3O4S2. The second-order valence-electron chi connectivity index (χ2n) is 8.93. The van der Waals surface area contributed by atoms with Crippen LogP contribution in [0.15, 0.2) is 65.2 Å². The van der Waals surface area contributed by atoms with Crippen molar-refractivity contribution in [3.8, 4) is 0 Å². The number of thiazole rings is 1. The fourth-order valence-electron chi connectivity index (χ4n) is 4.78. The Morgan fingerprint density at radius 3 is 2.68 bits per heavy atom. The molecule has 1 fully saturated rings. The minimum Gasteiger partial charge on any atom is -0.463 e. The van der Waals surface area contributed by atoms with E-state index in [1.165, 1.54) is 17.8 Å². The largest absolute Gasteiger partial charge is 0.463 e. The number of anilines is 1. The van der Waals surface area contributed by atoms with Gasteiger partial charge in [0.25, 0.3) is 5.56 Å². The quantitative estimate of drug-likeness (QED) is 0.296. The lowest BCUT2D eigenvalue weighted by Crippen LogP contribution is -2.39. The van der Waals surface area contributed by atoms with Gasteiger partial charge in [-0.1, -0.05) is 23.5 Å². The molecule has 2 aliphatic heterocycles. The number of furan rings is 1. The van der Waals surface area contributed by atoms with E-state index < -0.39 is 12.0 Å². The number of fused-ring (bicyclic) bond motifs is 1. The van der Waals surface area contributed by atoms with Crippen LogP contribution in [0.5, 0.6) is 0 Å². The number of hydrogen-bond donors (Lipinski definition) is 0. The first kappa shape index (κ1) is 26.1. The maximum Gasteiger partial charge on any atom is 0.338 e. The third kappa shape index (κ3) is 5.11. The molecule has 1 atom stereocenters. The molecule has 0 N–H and O–H groups in total. The van der Waals surface area contributed by atoms with E-state index in [-0.39, 0.29) is 12.2 Å². The van der Waals surface area contributed by atoms with Gasteiger partial charge in [0.2, 0.25) is 5.88 Å². The number of halogens is 1. The van der Waals surface area contributed by atoms with E-state index in [9.17, 15) is 9.59 Å². The maximum absolute atomic E-state index is 13.8. The first-order valence-electron chi connectivity index (χ1n) is 12.3. The van der Waals surface area contributed by atoms with Gasteiger partial charge in [0.15, 0.2) is 4.80 Å². The number of thioether (sulfide) groups is 1. The number of piperidine rings is 1. The molecule has 194 valence electrons. The van der Waals surface area contributed by atoms with Crippen LogP contribution in [0.4, 0.5) is 5.88 Å². The number of aromatic nitrogens is 1. The van der Waals surface area contributed by atoms with Gasteiger partial charge >= 0.3 is 5.97 Å². The number of ether oxygens (including phenoxy) is 1. The molecule has 0 spiro atoms. The lowest BCUT2D eigenvalue weighted by atomic mass is 9.96. The van der Waals surface area contributed by atoms with Crippen molar-refractivity contribution in [3.63, 3.8) is 0 Å². The molecule has 5 rings (SSSR count). The van der Waals surface area contributed by atoms with Crippen LogP contribution in [0.25, 0.3) is 6.08 Å². The van der Waals surface area contributed by atoms with Crippen LogP contribution in [0.3, 0.4) is 0 Å². The Hall–Kier alpha value is -2.56. The van der Waals surface area contributed by atoms with Crippen molar-refractivity contribution in [2.45, 2.75) is 44.0 Å². The summed E-state index contributed by atoms with van der Waals surface area (Å²) < 4.78 is 14.5. The third-order valence-corrected chi connectivity index (χ3v) is 8.85. The van der Waals surface area contributed by atoms with Crippen LogP contribution in [-0.4, -0.2) is 36.5 Å². The number of carbonyl (C=O) groups is 1. The molecule has 3 aromatic rings. The standard InChI is InChI=1S/C27H28BrN3O4S2/c1-4-34-26(33)22-16(2)29-27-31(23(22)17-8-10-19(36-3)11-9-17)24(32)21(37-27)15-18-14-20(28)25(35-18)30-12-6-5-7-13-30/h8-11,14-15,23H,4-7,12-13H2,1-3H3/b21-15+/t23-/m0/s1. The Morgan fingerprint density at radius 1 is 1.27 bits per heavy atom. The highest BCUT2D eigenvalue weighted by molar-refractivity contribution is 9.10. The summed E-state index contributed by atoms with van der Waals surface area (Å²) in [5.41, 5.74) is 1.55. The predicted molar refractivity (Wildman–Crippen MR) is 151 cm³/mol. The summed E-state index contributed by atoms with van der Waals surface area (Å²) in [6.45, 7) is 5.72. The van der Waals surface area contributed by atoms with Crippen LogP contribution in [0, 0.1) is 0 Å². The summed E-state index contributed by atoms with van der Waals surface area (Å²) in [5, 5.41) is 0. The summed E-state index contributed by atoms with van der Waals surface area (Å²) in [6.07, 6.45) is 7.29. The SMILES string of the molecule is CCOC(=O)C1=C(C)N=c2s/c(=C/c3cc(Br)c(N4CCCCC4)o3)c(=O)n2[C@H]1c1ccc(SC)cc1. The van der Waals surface area contributed by atoms with Crippen molar-refractivity contribution in [2.75, 3.05) is 30.9 Å². The van der Waals surface area contributed by atoms with Gasteiger partial charge in [-0.3, -0.25) is 9.36 Å². The average Bonchev–Trinajstić information content (AvgIpc) is 3.42. The molecule has 2 aromatic heterocycles. The molecule has 1 aromatic carbocycles. The number of hydrogen-bond acceptors (Lipinski definition) is 8. The van der Waals surface area contributed by atoms with Crippen molar-refractivity contribution in [1.82, 2.24) is 4.57 Å². The van der Waals surface area contributed by atoms with Crippen molar-refractivity contribution >= 4 is 57.0 Å². The normalized spacial score (nSPS) is 18.1. The molecule has 0 aliphatic carbocycles. The Kier molecular flexibility index (Phi) is 7.78. The number of carbonyl (C=O) groups excluding carboxylic acids is 1. The summed E-state index contributed by atoms with van der Waals surface area (Å²) in [5.74, 6) is 0.934. The molecule has 1 saturated heterocycles. The first-order valence-corrected chi connectivity index (χ1v) is 15.1. The molecule has 0 saturated carbocycles. The Bertz CT molecular complexity index is 1530. The van der Waals surface area contributed by atoms with Crippen LogP contribution in [-0.2, 0) is 9.53 Å². The number of allylic oxidation sites excluding steroid dienone is 1. The molecular weight excluding hydrogens is 574 g/mol. The summed E-state index contributed by atoms with van der Waals surface area (Å²) in [6, 6.07) is 9.18. The zero-order valence-electron chi connectivity index (χ0n) is 21.0. The highest BCUT2D eigenvalue weighted by atomic mass is 79.9. The fourth-order valence-corrected chi connectivity index (χ4v) is 6.77. The zero-order chi connectivity index (χ0) is 26.1. The van der Waals surface area contributed by atoms with E-state index >= 15 is 0 Å². The van der Waals surface area contributed by atoms with E-state index in [1.807, 2.05) is 36.6 Å². The number of esters is 1. The van der Waals surface area contributed by atoms with Gasteiger partial charge in [-0.2, -0.15) is 0 Å². The number of nitrogens with zero attached hydrogens (tertiary/aromatic N) is 3. The molecule has 10 heteroatoms. The van der Waals surface area contributed by atoms with Crippen LogP contribution < -0.4 is 19.8 Å². The third-order valence-electron chi connectivity index (χ3n) is 6.55. The van der Waals surface area contributed by atoms with Gasteiger partial charge in [0, 0.05) is 30.1 Å². The number of benzene rings is 1. The summed E-state index contributed by atoms with van der Waals surface area (Å²) >= 11 is 6.56. The van der Waals surface area contributed by atoms with Gasteiger partial charge < -0.3 is 14.1 Å². The molecule has 0 radical (unpaired) electrons. The second-order valence-corrected chi connectivity index (χ2v) is 11.7. The summed E-state index contributed by atoms with van der Waals surface area (Å²) in [4.78, 5) is 35.4. The molecule has 0 amide bonds. The van der Waals surface area contributed by atoms with Gasteiger partial charge in [-0.05, 0) is 73.0 Å². The summed E-state index contributed by atoms with van der Waals surface area (Å²) in [7, 11) is 0. The molecule has 4 heterocycles.